The van der Waals surface area contributed by atoms with Crippen molar-refractivity contribution in [3.63, 3.8) is 0 Å². The van der Waals surface area contributed by atoms with Gasteiger partial charge >= 0.3 is 592 Å². The van der Waals surface area contributed by atoms with E-state index < -0.39 is 67.6 Å². The second kappa shape index (κ2) is 39.7. The molecule has 8 aromatic rings. The molecule has 0 aliphatic rings. The Kier molecular flexibility index (Phi) is 30.8. The fourth-order valence-electron chi connectivity index (χ4n) is 13.9. The summed E-state index contributed by atoms with van der Waals surface area (Å²) in [6.07, 6.45) is 20.8. The van der Waals surface area contributed by atoms with E-state index in [4.69, 9.17) is 12.3 Å². The third-order valence-electron chi connectivity index (χ3n) is 19.2. The van der Waals surface area contributed by atoms with Crippen LogP contribution in [0.15, 0.2) is 194 Å². The van der Waals surface area contributed by atoms with Crippen LogP contribution in [-0.2, 0) is 82.8 Å². The number of benzene rings is 8. The van der Waals surface area contributed by atoms with Crippen molar-refractivity contribution in [3.8, 4) is 0 Å². The van der Waals surface area contributed by atoms with E-state index in [-0.39, 0.29) is 0 Å². The fourth-order valence-corrected chi connectivity index (χ4v) is 18.8. The molecule has 0 amide bonds. The third-order valence-corrected chi connectivity index (χ3v) is 24.3. The molecule has 4 unspecified atom stereocenters. The van der Waals surface area contributed by atoms with Crippen LogP contribution in [0.3, 0.4) is 0 Å². The summed E-state index contributed by atoms with van der Waals surface area (Å²) < 4.78 is 29.3. The molecule has 0 N–H and O–H groups in total. The van der Waals surface area contributed by atoms with Crippen LogP contribution in [0.4, 0.5) is 0 Å². The third kappa shape index (κ3) is 20.3. The fraction of sp³-hybridized carbons (Fsp3) is 0.409. The van der Waals surface area contributed by atoms with Gasteiger partial charge in [0.05, 0.1) is 0 Å². The standard InChI is InChI=1S/4C22H28O2.Sn/c4*1-3-5-11-17-14-10-16-20(19(17)15-6-4-2)21(22(23)24)18-12-8-7-9-13-18;/h4*7-10,12-14,16,21H,3-6,11,15H2,1-2H3,(H,23,24);/q;;;;+4/p-4. The molecule has 0 aliphatic heterocycles. The number of hydrogen-bond donors (Lipinski definition) is 0. The van der Waals surface area contributed by atoms with Gasteiger partial charge in [-0.2, -0.15) is 0 Å². The van der Waals surface area contributed by atoms with E-state index in [1.54, 1.807) is 0 Å². The molecule has 97 heavy (non-hydrogen) atoms. The van der Waals surface area contributed by atoms with Crippen molar-refractivity contribution in [1.82, 2.24) is 0 Å². The first-order chi connectivity index (χ1) is 47.5. The van der Waals surface area contributed by atoms with E-state index >= 15 is 19.2 Å². The number of aryl methyl sites for hydroxylation is 4. The molecule has 0 saturated carbocycles. The number of carbonyl (C=O) groups is 4. The van der Waals surface area contributed by atoms with Crippen LogP contribution >= 0.6 is 0 Å². The summed E-state index contributed by atoms with van der Waals surface area (Å²) in [5.74, 6) is -8.02. The van der Waals surface area contributed by atoms with Crippen LogP contribution in [0.2, 0.25) is 0 Å². The molecule has 8 aromatic carbocycles. The first-order valence-electron chi connectivity index (χ1n) is 37.0. The van der Waals surface area contributed by atoms with Gasteiger partial charge in [0.1, 0.15) is 0 Å². The van der Waals surface area contributed by atoms with Crippen LogP contribution in [-0.4, -0.2) is 43.9 Å². The van der Waals surface area contributed by atoms with Crippen LogP contribution in [0.5, 0.6) is 0 Å². The van der Waals surface area contributed by atoms with E-state index in [1.807, 2.05) is 170 Å². The van der Waals surface area contributed by atoms with Gasteiger partial charge in [0, 0.05) is 0 Å². The molecule has 4 atom stereocenters. The molecule has 0 saturated heterocycles. The predicted octanol–water partition coefficient (Wildman–Crippen LogP) is 21.7. The molecule has 9 heteroatoms. The quantitative estimate of drug-likeness (QED) is 0.0350. The van der Waals surface area contributed by atoms with E-state index in [0.29, 0.717) is 47.9 Å². The van der Waals surface area contributed by atoms with Gasteiger partial charge < -0.3 is 0 Å². The van der Waals surface area contributed by atoms with Gasteiger partial charge in [-0.15, -0.1) is 0 Å². The molecule has 0 fully saturated rings. The van der Waals surface area contributed by atoms with Gasteiger partial charge in [-0.25, -0.2) is 0 Å². The summed E-state index contributed by atoms with van der Waals surface area (Å²) in [5.41, 5.74) is 14.1. The van der Waals surface area contributed by atoms with Gasteiger partial charge in [0.25, 0.3) is 0 Å². The van der Waals surface area contributed by atoms with Crippen molar-refractivity contribution in [2.24, 2.45) is 0 Å². The molecular weight excluding hydrogens is 1300 g/mol. The maximum atomic E-state index is 17.0. The van der Waals surface area contributed by atoms with Gasteiger partial charge in [-0.1, -0.05) is 0 Å². The van der Waals surface area contributed by atoms with Crippen molar-refractivity contribution >= 4 is 43.9 Å². The van der Waals surface area contributed by atoms with Crippen LogP contribution in [0.25, 0.3) is 0 Å². The maximum absolute atomic E-state index is 17.0. The Balaban J connectivity index is 1.48. The van der Waals surface area contributed by atoms with Crippen molar-refractivity contribution in [2.75, 3.05) is 0 Å². The first-order valence-corrected chi connectivity index (χ1v) is 41.7. The summed E-state index contributed by atoms with van der Waals surface area (Å²) in [6, 6.07) is 62.8. The van der Waals surface area contributed by atoms with Crippen LogP contribution in [0.1, 0.15) is 271 Å². The number of unbranched alkanes of at least 4 members (excludes halogenated alkanes) is 8. The number of carbonyl (C=O) groups excluding carboxylic acids is 4. The van der Waals surface area contributed by atoms with Crippen LogP contribution in [0, 0.1) is 0 Å². The summed E-state index contributed by atoms with van der Waals surface area (Å²) in [7, 11) is 0. The molecular formula is C88H108O8Sn. The molecule has 512 valence electrons. The summed E-state index contributed by atoms with van der Waals surface area (Å²) in [6.45, 7) is 17.4. The summed E-state index contributed by atoms with van der Waals surface area (Å²) in [5, 5.41) is 0. The Bertz CT molecular complexity index is 3220. The van der Waals surface area contributed by atoms with Crippen molar-refractivity contribution in [1.29, 1.82) is 0 Å². The molecule has 0 spiro atoms. The number of rotatable bonds is 40. The van der Waals surface area contributed by atoms with Gasteiger partial charge in [0.2, 0.25) is 0 Å². The molecule has 0 bridgehead atoms. The minimum atomic E-state index is -7.37. The zero-order valence-corrected chi connectivity index (χ0v) is 62.4. The average molecular weight is 1410 g/mol. The second-order valence-electron chi connectivity index (χ2n) is 26.3. The predicted molar refractivity (Wildman–Crippen MR) is 398 cm³/mol. The Labute approximate surface area is 587 Å². The second-order valence-corrected chi connectivity index (χ2v) is 31.5. The van der Waals surface area contributed by atoms with E-state index in [1.165, 1.54) is 0 Å². The number of hydrogen-bond acceptors (Lipinski definition) is 8. The summed E-state index contributed by atoms with van der Waals surface area (Å²) in [4.78, 5) is 68.0. The molecule has 0 aliphatic carbocycles. The molecule has 0 aromatic heterocycles. The molecule has 0 radical (unpaired) electrons. The SMILES string of the molecule is CCCCc1cccc(C(C(=O)[O][Sn]([O]C(=O)C(c2ccccc2)c2cccc(CCCC)c2CCCC)([O]C(=O)C(c2ccccc2)c2cccc(CCCC)c2CCCC)[O]C(=O)C(c2ccccc2)c2cccc(CCCC)c2CCCC)c2ccccc2)c1CCCC. The molecule has 8 nitrogen and oxygen atoms in total. The average Bonchev–Trinajstić information content (AvgIpc) is 0.776. The Hall–Kier alpha value is -7.56. The van der Waals surface area contributed by atoms with Crippen molar-refractivity contribution < 1.29 is 31.5 Å². The van der Waals surface area contributed by atoms with Gasteiger partial charge in [-0.05, 0) is 0 Å². The first kappa shape index (κ1) is 75.2. The topological polar surface area (TPSA) is 105 Å². The van der Waals surface area contributed by atoms with Gasteiger partial charge in [-0.3, -0.25) is 0 Å². The van der Waals surface area contributed by atoms with E-state index in [0.717, 1.165) is 195 Å². The van der Waals surface area contributed by atoms with E-state index in [9.17, 15) is 0 Å². The Morgan fingerprint density at radius 1 is 0.247 bits per heavy atom. The zero-order chi connectivity index (χ0) is 68.8. The summed E-state index contributed by atoms with van der Waals surface area (Å²) >= 11 is -7.37. The monoisotopic (exact) mass is 1410 g/mol. The zero-order valence-electron chi connectivity index (χ0n) is 59.5. The van der Waals surface area contributed by atoms with Crippen LogP contribution < -0.4 is 0 Å². The van der Waals surface area contributed by atoms with E-state index in [2.05, 4.69) is 79.7 Å². The van der Waals surface area contributed by atoms with Crippen molar-refractivity contribution in [3.05, 3.63) is 283 Å². The van der Waals surface area contributed by atoms with Crippen molar-refractivity contribution in [2.45, 2.75) is 233 Å². The van der Waals surface area contributed by atoms with Gasteiger partial charge in [0.15, 0.2) is 0 Å². The molecule has 8 rings (SSSR count). The Morgan fingerprint density at radius 3 is 0.619 bits per heavy atom. The Morgan fingerprint density at radius 2 is 0.433 bits per heavy atom. The normalized spacial score (nSPS) is 13.2. The molecule has 0 heterocycles. The minimum absolute atomic E-state index is 0.618.